The molecule has 0 saturated heterocycles. The quantitative estimate of drug-likeness (QED) is 0.492. The molecule has 2 aliphatic carbocycles. The predicted molar refractivity (Wildman–Crippen MR) is 57.4 cm³/mol. The molecule has 68 valence electrons. The highest BCUT2D eigenvalue weighted by molar-refractivity contribution is 14.1. The van der Waals surface area contributed by atoms with Crippen LogP contribution in [-0.2, 0) is 4.79 Å². The largest absolute Gasteiger partial charge is 0.299 e. The van der Waals surface area contributed by atoms with Crippen molar-refractivity contribution < 1.29 is 4.79 Å². The second kappa shape index (κ2) is 2.25. The number of hydrogen-bond acceptors (Lipinski definition) is 1. The molecule has 2 heteroatoms. The molecule has 2 aliphatic rings. The van der Waals surface area contributed by atoms with E-state index in [1.54, 1.807) is 0 Å². The van der Waals surface area contributed by atoms with Crippen LogP contribution in [0, 0.1) is 16.7 Å². The Kier molecular flexibility index (Phi) is 1.68. The van der Waals surface area contributed by atoms with Crippen molar-refractivity contribution in [2.75, 3.05) is 0 Å². The summed E-state index contributed by atoms with van der Waals surface area (Å²) in [5.41, 5.74) is 0.236. The van der Waals surface area contributed by atoms with Crippen LogP contribution < -0.4 is 0 Å². The van der Waals surface area contributed by atoms with Crippen LogP contribution >= 0.6 is 22.6 Å². The molecule has 0 aliphatic heterocycles. The molecule has 0 aromatic carbocycles. The third-order valence-corrected chi connectivity index (χ3v) is 5.72. The van der Waals surface area contributed by atoms with Crippen molar-refractivity contribution in [2.45, 2.75) is 37.5 Å². The van der Waals surface area contributed by atoms with Crippen LogP contribution in [-0.4, -0.2) is 9.71 Å². The maximum absolute atomic E-state index is 11.7. The Morgan fingerprint density at radius 2 is 2.00 bits per heavy atom. The number of rotatable bonds is 0. The summed E-state index contributed by atoms with van der Waals surface area (Å²) >= 11 is 2.52. The molecule has 0 N–H and O–H groups in total. The number of ketones is 1. The van der Waals surface area contributed by atoms with E-state index in [0.717, 1.165) is 16.8 Å². The Bertz CT molecular complexity index is 246. The number of carbonyl (C=O) groups is 1. The lowest BCUT2D eigenvalue weighted by Gasteiger charge is -2.32. The van der Waals surface area contributed by atoms with Crippen LogP contribution in [0.25, 0.3) is 0 Å². The first-order chi connectivity index (χ1) is 5.39. The summed E-state index contributed by atoms with van der Waals surface area (Å²) in [6.07, 6.45) is 1.93. The van der Waals surface area contributed by atoms with Crippen molar-refractivity contribution in [3.8, 4) is 0 Å². The van der Waals surface area contributed by atoms with Crippen molar-refractivity contribution in [3.63, 3.8) is 0 Å². The van der Waals surface area contributed by atoms with Gasteiger partial charge in [-0.05, 0) is 17.8 Å². The van der Waals surface area contributed by atoms with Gasteiger partial charge in [0.15, 0.2) is 0 Å². The maximum atomic E-state index is 11.7. The third-order valence-electron chi connectivity index (χ3n) is 4.41. The van der Waals surface area contributed by atoms with E-state index < -0.39 is 0 Å². The molecule has 2 saturated carbocycles. The van der Waals surface area contributed by atoms with E-state index in [2.05, 4.69) is 43.4 Å². The lowest BCUT2D eigenvalue weighted by Crippen LogP contribution is -2.32. The maximum Gasteiger partial charge on any atom is 0.139 e. The smallest absolute Gasteiger partial charge is 0.139 e. The highest BCUT2D eigenvalue weighted by atomic mass is 127. The van der Waals surface area contributed by atoms with Gasteiger partial charge in [-0.15, -0.1) is 0 Å². The zero-order valence-electron chi connectivity index (χ0n) is 7.86. The van der Waals surface area contributed by atoms with E-state index >= 15 is 0 Å². The van der Waals surface area contributed by atoms with Crippen molar-refractivity contribution >= 4 is 28.4 Å². The number of hydrogen-bond donors (Lipinski definition) is 0. The molecule has 0 aromatic heterocycles. The summed E-state index contributed by atoms with van der Waals surface area (Å²) in [6, 6.07) is 0. The molecular weight excluding hydrogens is 263 g/mol. The molecule has 12 heavy (non-hydrogen) atoms. The highest BCUT2D eigenvalue weighted by Gasteiger charge is 2.64. The van der Waals surface area contributed by atoms with E-state index in [-0.39, 0.29) is 10.8 Å². The molecule has 2 fully saturated rings. The lowest BCUT2D eigenvalue weighted by atomic mass is 9.70. The third kappa shape index (κ3) is 0.777. The Labute approximate surface area is 87.4 Å². The minimum Gasteiger partial charge on any atom is -0.299 e. The molecule has 0 spiro atoms. The van der Waals surface area contributed by atoms with Gasteiger partial charge in [0.25, 0.3) is 0 Å². The Hall–Kier alpha value is 0.400. The molecular formula is C10H15IO. The van der Waals surface area contributed by atoms with Gasteiger partial charge < -0.3 is 0 Å². The van der Waals surface area contributed by atoms with Crippen LogP contribution in [0.4, 0.5) is 0 Å². The molecule has 1 nitrogen and oxygen atoms in total. The first kappa shape index (κ1) is 8.97. The highest BCUT2D eigenvalue weighted by Crippen LogP contribution is 2.65. The van der Waals surface area contributed by atoms with Crippen LogP contribution in [0.1, 0.15) is 33.6 Å². The van der Waals surface area contributed by atoms with Gasteiger partial charge >= 0.3 is 0 Å². The van der Waals surface area contributed by atoms with Crippen LogP contribution in [0.5, 0.6) is 0 Å². The summed E-state index contributed by atoms with van der Waals surface area (Å²) in [7, 11) is 0. The molecule has 3 unspecified atom stereocenters. The number of alkyl halides is 1. The normalized spacial score (nSPS) is 50.2. The Morgan fingerprint density at radius 3 is 2.25 bits per heavy atom. The van der Waals surface area contributed by atoms with Crippen molar-refractivity contribution in [2.24, 2.45) is 16.7 Å². The first-order valence-electron chi connectivity index (χ1n) is 4.57. The minimum absolute atomic E-state index is 0.0104. The van der Waals surface area contributed by atoms with Gasteiger partial charge in [-0.2, -0.15) is 0 Å². The standard InChI is InChI=1S/C10H15IO/c1-9(2)6-4-8(12)10(9,3)5-7(6)11/h6-7H,4-5H2,1-3H3. The fourth-order valence-corrected chi connectivity index (χ4v) is 4.97. The summed E-state index contributed by atoms with van der Waals surface area (Å²) in [6.45, 7) is 6.69. The van der Waals surface area contributed by atoms with Crippen LogP contribution in [0.3, 0.4) is 0 Å². The number of Topliss-reactive ketones (excluding diaryl/α,β-unsaturated/α-hetero) is 1. The SMILES string of the molecule is CC12CC(I)C(CC1=O)C2(C)C. The van der Waals surface area contributed by atoms with E-state index in [1.807, 2.05) is 0 Å². The van der Waals surface area contributed by atoms with E-state index in [1.165, 1.54) is 0 Å². The van der Waals surface area contributed by atoms with Crippen molar-refractivity contribution in [3.05, 3.63) is 0 Å². The summed E-state index contributed by atoms with van der Waals surface area (Å²) in [5.74, 6) is 1.14. The van der Waals surface area contributed by atoms with Gasteiger partial charge in [0.1, 0.15) is 5.78 Å². The van der Waals surface area contributed by atoms with Crippen molar-refractivity contribution in [1.82, 2.24) is 0 Å². The second-order valence-electron chi connectivity index (χ2n) is 5.01. The topological polar surface area (TPSA) is 17.1 Å². The fraction of sp³-hybridized carbons (Fsp3) is 0.900. The van der Waals surface area contributed by atoms with Crippen LogP contribution in [0.15, 0.2) is 0 Å². The summed E-state index contributed by atoms with van der Waals surface area (Å²) < 4.78 is 0.722. The van der Waals surface area contributed by atoms with Gasteiger partial charge in [-0.25, -0.2) is 0 Å². The van der Waals surface area contributed by atoms with Crippen LogP contribution in [0.2, 0.25) is 0 Å². The minimum atomic E-state index is -0.0104. The van der Waals surface area contributed by atoms with Gasteiger partial charge in [0.05, 0.1) is 0 Å². The molecule has 0 amide bonds. The van der Waals surface area contributed by atoms with Gasteiger partial charge in [-0.1, -0.05) is 43.4 Å². The zero-order chi connectivity index (χ0) is 9.15. The molecule has 2 bridgehead atoms. The predicted octanol–water partition coefficient (Wildman–Crippen LogP) is 2.82. The van der Waals surface area contributed by atoms with Crippen molar-refractivity contribution in [1.29, 1.82) is 0 Å². The van der Waals surface area contributed by atoms with E-state index in [9.17, 15) is 4.79 Å². The van der Waals surface area contributed by atoms with Gasteiger partial charge in [0, 0.05) is 15.8 Å². The number of fused-ring (bicyclic) bond motifs is 2. The van der Waals surface area contributed by atoms with Gasteiger partial charge in [-0.3, -0.25) is 4.79 Å². The first-order valence-corrected chi connectivity index (χ1v) is 5.81. The monoisotopic (exact) mass is 278 g/mol. The second-order valence-corrected chi connectivity index (χ2v) is 6.61. The van der Waals surface area contributed by atoms with E-state index in [4.69, 9.17) is 0 Å². The molecule has 0 radical (unpaired) electrons. The molecule has 3 atom stereocenters. The van der Waals surface area contributed by atoms with Gasteiger partial charge in [0.2, 0.25) is 0 Å². The summed E-state index contributed by atoms with van der Waals surface area (Å²) in [5, 5.41) is 0. The number of carbonyl (C=O) groups excluding carboxylic acids is 1. The average Bonchev–Trinajstić information content (AvgIpc) is 2.18. The average molecular weight is 278 g/mol. The lowest BCUT2D eigenvalue weighted by molar-refractivity contribution is -0.128. The summed E-state index contributed by atoms with van der Waals surface area (Å²) in [4.78, 5) is 11.7. The number of halogens is 1. The zero-order valence-corrected chi connectivity index (χ0v) is 10.0. The Morgan fingerprint density at radius 1 is 1.42 bits per heavy atom. The Balaban J connectivity index is 2.47. The molecule has 0 aromatic rings. The van der Waals surface area contributed by atoms with E-state index in [0.29, 0.717) is 11.7 Å². The fourth-order valence-electron chi connectivity index (χ4n) is 2.94. The molecule has 0 heterocycles. The molecule has 2 rings (SSSR count).